The maximum absolute atomic E-state index is 15.8. The van der Waals surface area contributed by atoms with Crippen LogP contribution in [-0.4, -0.2) is 218 Å². The molecule has 574 valence electrons. The number of aromatic nitrogens is 1. The Morgan fingerprint density at radius 1 is 0.585 bits per heavy atom. The molecule has 2 aliphatic rings. The first-order chi connectivity index (χ1) is 50.7. The molecule has 20 N–H and O–H groups in total. The summed E-state index contributed by atoms with van der Waals surface area (Å²) in [7, 11) is 3.17. The molecule has 7 rings (SSSR count). The number of rotatable bonds is 18. The zero-order valence-corrected chi connectivity index (χ0v) is 61.4. The van der Waals surface area contributed by atoms with Crippen LogP contribution in [0, 0.1) is 0 Å². The van der Waals surface area contributed by atoms with Gasteiger partial charge in [-0.15, -0.1) is 0 Å². The topological polar surface area (TPSA) is 489 Å². The number of carbonyl (C=O) groups is 12. The van der Waals surface area contributed by atoms with E-state index < -0.39 is 163 Å². The Bertz CT molecular complexity index is 3810. The first-order valence-electron chi connectivity index (χ1n) is 35.4. The minimum absolute atomic E-state index is 0.0119. The van der Waals surface area contributed by atoms with Gasteiger partial charge in [0.1, 0.15) is 66.2 Å². The summed E-state index contributed by atoms with van der Waals surface area (Å²) >= 11 is 0. The molecule has 12 atom stereocenters. The lowest BCUT2D eigenvalue weighted by molar-refractivity contribution is -0.143. The molecule has 0 spiro atoms. The highest BCUT2D eigenvalue weighted by atomic mass is 33.1. The maximum atomic E-state index is 15.8. The fourth-order valence-corrected chi connectivity index (χ4v) is 14.2. The second-order valence-electron chi connectivity index (χ2n) is 26.7. The second-order valence-corrected chi connectivity index (χ2v) is 29.3. The zero-order chi connectivity index (χ0) is 77.0. The molecule has 11 amide bonds. The van der Waals surface area contributed by atoms with Crippen LogP contribution in [0.15, 0.2) is 109 Å². The Morgan fingerprint density at radius 3 is 1.78 bits per heavy atom. The second kappa shape index (κ2) is 41.9. The number of unbranched alkanes of at least 4 members (excludes halogenated alkanes) is 1. The average molecular weight is 1510 g/mol. The number of aromatic amines is 1. The van der Waals surface area contributed by atoms with Gasteiger partial charge in [-0.05, 0) is 104 Å². The van der Waals surface area contributed by atoms with E-state index in [1.54, 1.807) is 72.9 Å². The van der Waals surface area contributed by atoms with Crippen molar-refractivity contribution >= 4 is 103 Å². The molecule has 0 aliphatic carbocycles. The molecule has 2 fully saturated rings. The van der Waals surface area contributed by atoms with Gasteiger partial charge in [0.15, 0.2) is 0 Å². The van der Waals surface area contributed by atoms with Crippen LogP contribution in [0.1, 0.15) is 100.0 Å². The number of hydrogen-bond donors (Lipinski definition) is 18. The van der Waals surface area contributed by atoms with E-state index in [0.29, 0.717) is 52.5 Å². The van der Waals surface area contributed by atoms with Crippen LogP contribution in [0.25, 0.3) is 10.9 Å². The standard InChI is InChI=1S/C73H99N15O16S2/c1-41(2)77-36-46-22-20-45(21-23-46)34-60-70(100)87-62(42(3)90)71(101)83-56(33-44-24-26-48(91)27-25-44)68(98)80-53-19-11-13-31-76-61(92)29-28-54(66(96)84-57(72(102)88(60)4)35-47-37-78-51-17-9-8-16-49(47)51)81-67(97)55(32-43-14-6-5-7-15-43)82-64(94)52(18-10-12-30-74)79-63(93)50(75)39-105-106-40-59(73(103)104)86-69(99)58(38-89)85-65(53)95/h5-9,14-17,20-27,37,41-42,50,52-60,62,77-78,89-91H,10-13,18-19,28-36,38-40,74-75H2,1-4H3,(H,76,92)(H,79,93)(H,80,98)(H,81,97)(H,82,94)(H,83,101)(H,84,96)(H,85,95)(H,86,99)(H,87,100)(H,103,104)/t42-,50+,52+,53+,54+,55+,56+,57-,58+,59+,60+,62-/m1/s1. The third kappa shape index (κ3) is 25.9. The highest BCUT2D eigenvalue weighted by molar-refractivity contribution is 8.76. The number of para-hydroxylation sites is 1. The molecule has 2 bridgehead atoms. The number of phenolic OH excluding ortho intramolecular Hbond substituents is 1. The smallest absolute Gasteiger partial charge is 0.327 e. The third-order valence-electron chi connectivity index (χ3n) is 18.1. The number of nitrogens with one attached hydrogen (secondary N) is 12. The fraction of sp³-hybridized carbons (Fsp3) is 0.479. The lowest BCUT2D eigenvalue weighted by atomic mass is 9.98. The molecule has 4 aromatic carbocycles. The van der Waals surface area contributed by atoms with Crippen molar-refractivity contribution in [1.82, 2.24) is 68.4 Å². The average Bonchev–Trinajstić information content (AvgIpc) is 1.39. The van der Waals surface area contributed by atoms with E-state index in [1.165, 1.54) is 38.2 Å². The van der Waals surface area contributed by atoms with Crippen LogP contribution in [-0.2, 0) is 89.8 Å². The number of aliphatic hydroxyl groups is 2. The van der Waals surface area contributed by atoms with Gasteiger partial charge in [-0.3, -0.25) is 52.7 Å². The van der Waals surface area contributed by atoms with Crippen molar-refractivity contribution in [3.05, 3.63) is 137 Å². The quantitative estimate of drug-likeness (QED) is 0.0378. The predicted octanol–water partition coefficient (Wildman–Crippen LogP) is -0.778. The summed E-state index contributed by atoms with van der Waals surface area (Å²) in [5, 5.41) is 72.9. The molecule has 2 aliphatic heterocycles. The first kappa shape index (κ1) is 83.6. The SMILES string of the molecule is CC(C)NCc1ccc(C[C@H]2C(=O)N[C@H]([C@@H](C)O)C(=O)N[C@@H](Cc3ccc(O)cc3)C(=O)N[C@H]3CCCCNC(=O)CC[C@H](NC(=O)[C@H](Cc4ccccc4)NC(=O)[C@H](CCCCN)NC(=O)[C@@H](N)CSSC[C@@H](C(=O)O)NC(=O)[C@H](CO)NC3=O)C(=O)N[C@H](Cc3c[nH]c4ccccc34)C(=O)N2C)cc1. The normalized spacial score (nSPS) is 24.5. The van der Waals surface area contributed by atoms with Crippen LogP contribution in [0.4, 0.5) is 0 Å². The van der Waals surface area contributed by atoms with Gasteiger partial charge < -0.3 is 100 Å². The van der Waals surface area contributed by atoms with Crippen LogP contribution in [0.5, 0.6) is 5.75 Å². The van der Waals surface area contributed by atoms with Crippen molar-refractivity contribution < 1.29 is 78.0 Å². The van der Waals surface area contributed by atoms with Gasteiger partial charge in [0.05, 0.1) is 18.8 Å². The van der Waals surface area contributed by atoms with E-state index in [1.807, 2.05) is 26.0 Å². The number of carboxylic acids is 1. The lowest BCUT2D eigenvalue weighted by Gasteiger charge is -2.33. The molecular weight excluding hydrogens is 1410 g/mol. The van der Waals surface area contributed by atoms with Crippen LogP contribution >= 0.6 is 21.6 Å². The number of carbonyl (C=O) groups excluding carboxylic acids is 11. The van der Waals surface area contributed by atoms with Crippen LogP contribution in [0.3, 0.4) is 0 Å². The summed E-state index contributed by atoms with van der Waals surface area (Å²) in [6, 6.07) is 10.9. The number of phenols is 1. The molecule has 0 radical (unpaired) electrons. The summed E-state index contributed by atoms with van der Waals surface area (Å²) in [5.41, 5.74) is 15.7. The molecule has 106 heavy (non-hydrogen) atoms. The van der Waals surface area contributed by atoms with Gasteiger partial charge >= 0.3 is 5.97 Å². The van der Waals surface area contributed by atoms with Crippen molar-refractivity contribution in [1.29, 1.82) is 0 Å². The Labute approximate surface area is 622 Å². The number of benzene rings is 4. The number of likely N-dealkylation sites (N-methyl/N-ethyl adjacent to an activating group) is 1. The molecule has 31 nitrogen and oxygen atoms in total. The Hall–Kier alpha value is -9.64. The van der Waals surface area contributed by atoms with Gasteiger partial charge in [0, 0.05) is 86.9 Å². The van der Waals surface area contributed by atoms with Crippen LogP contribution < -0.4 is 70.0 Å². The van der Waals surface area contributed by atoms with E-state index in [-0.39, 0.29) is 87.8 Å². The molecule has 2 saturated heterocycles. The van der Waals surface area contributed by atoms with Crippen molar-refractivity contribution in [2.24, 2.45) is 11.5 Å². The highest BCUT2D eigenvalue weighted by Gasteiger charge is 2.40. The number of aromatic hydroxyl groups is 1. The lowest BCUT2D eigenvalue weighted by Crippen LogP contribution is -2.63. The number of aliphatic carboxylic acids is 1. The summed E-state index contributed by atoms with van der Waals surface area (Å²) in [5.74, 6) is -12.6. The Morgan fingerprint density at radius 2 is 1.14 bits per heavy atom. The minimum atomic E-state index is -1.89. The summed E-state index contributed by atoms with van der Waals surface area (Å²) in [6.07, 6.45) is -1.34. The molecule has 0 unspecified atom stereocenters. The van der Waals surface area contributed by atoms with Crippen molar-refractivity contribution in [3.8, 4) is 5.75 Å². The van der Waals surface area contributed by atoms with E-state index in [9.17, 15) is 58.8 Å². The monoisotopic (exact) mass is 1510 g/mol. The zero-order valence-electron chi connectivity index (χ0n) is 59.7. The Kier molecular flexibility index (Phi) is 33.1. The molecule has 5 aromatic rings. The number of H-pyrrole nitrogens is 1. The fourth-order valence-electron chi connectivity index (χ4n) is 11.9. The molecule has 33 heteroatoms. The summed E-state index contributed by atoms with van der Waals surface area (Å²) in [6.45, 7) is 4.71. The largest absolute Gasteiger partial charge is 0.508 e. The van der Waals surface area contributed by atoms with Crippen molar-refractivity contribution in [3.63, 3.8) is 0 Å². The van der Waals surface area contributed by atoms with Gasteiger partial charge in [-0.1, -0.05) is 120 Å². The molecule has 0 saturated carbocycles. The molecular formula is C73H99N15O16S2. The van der Waals surface area contributed by atoms with Gasteiger partial charge in [0.2, 0.25) is 65.0 Å². The highest BCUT2D eigenvalue weighted by Crippen LogP contribution is 2.25. The molecule has 3 heterocycles. The van der Waals surface area contributed by atoms with E-state index in [2.05, 4.69) is 63.5 Å². The maximum Gasteiger partial charge on any atom is 0.327 e. The number of fused-ring (bicyclic) bond motifs is 10. The number of hydrogen-bond acceptors (Lipinski definition) is 20. The summed E-state index contributed by atoms with van der Waals surface area (Å²) < 4.78 is 0. The predicted molar refractivity (Wildman–Crippen MR) is 398 cm³/mol. The third-order valence-corrected chi connectivity index (χ3v) is 20.5. The van der Waals surface area contributed by atoms with Gasteiger partial charge in [-0.2, -0.15) is 0 Å². The van der Waals surface area contributed by atoms with Gasteiger partial charge in [0.25, 0.3) is 0 Å². The van der Waals surface area contributed by atoms with E-state index >= 15 is 19.2 Å². The van der Waals surface area contributed by atoms with E-state index in [0.717, 1.165) is 32.1 Å². The van der Waals surface area contributed by atoms with E-state index in [4.69, 9.17) is 11.5 Å². The number of carboxylic acid groups (broad SMARTS) is 1. The number of amides is 11. The Balaban J connectivity index is 1.38. The minimum Gasteiger partial charge on any atom is -0.508 e. The van der Waals surface area contributed by atoms with Crippen molar-refractivity contribution in [2.75, 3.05) is 38.2 Å². The summed E-state index contributed by atoms with van der Waals surface area (Å²) in [4.78, 5) is 180. The molecule has 1 aromatic heterocycles. The first-order valence-corrected chi connectivity index (χ1v) is 37.9. The van der Waals surface area contributed by atoms with Crippen LogP contribution in [0.2, 0.25) is 0 Å². The van der Waals surface area contributed by atoms with Gasteiger partial charge in [-0.25, -0.2) is 4.79 Å². The number of aliphatic hydroxyl groups excluding tert-OH is 2. The number of nitrogens with zero attached hydrogens (tertiary/aromatic N) is 1. The van der Waals surface area contributed by atoms with Crippen molar-refractivity contribution in [2.45, 2.75) is 183 Å². The number of nitrogens with two attached hydrogens (primary N) is 2.